The molecule has 21 heavy (non-hydrogen) atoms. The van der Waals surface area contributed by atoms with E-state index in [-0.39, 0.29) is 16.7 Å². The van der Waals surface area contributed by atoms with Crippen LogP contribution in [0.2, 0.25) is 10.0 Å². The molecule has 2 rings (SSSR count). The Labute approximate surface area is 140 Å². The molecule has 0 saturated carbocycles. The zero-order valence-electron chi connectivity index (χ0n) is 11.2. The Kier molecular flexibility index (Phi) is 5.08. The third-order valence-electron chi connectivity index (χ3n) is 2.75. The number of amides is 1. The molecule has 0 unspecified atom stereocenters. The summed E-state index contributed by atoms with van der Waals surface area (Å²) in [6.45, 7) is 1.73. The maximum Gasteiger partial charge on any atom is 0.256 e. The topological polar surface area (TPSA) is 51.2 Å². The summed E-state index contributed by atoms with van der Waals surface area (Å²) in [4.78, 5) is 16.4. The van der Waals surface area contributed by atoms with Crippen LogP contribution in [0.1, 0.15) is 16.1 Å². The van der Waals surface area contributed by atoms with Crippen molar-refractivity contribution in [2.24, 2.45) is 0 Å². The third-order valence-corrected chi connectivity index (χ3v) is 4.04. The summed E-state index contributed by atoms with van der Waals surface area (Å²) < 4.78 is 5.80. The Morgan fingerprint density at radius 3 is 2.62 bits per heavy atom. The fourth-order valence-corrected chi connectivity index (χ4v) is 2.58. The van der Waals surface area contributed by atoms with Gasteiger partial charge >= 0.3 is 0 Å². The first-order chi connectivity index (χ1) is 9.92. The Morgan fingerprint density at radius 1 is 1.29 bits per heavy atom. The summed E-state index contributed by atoms with van der Waals surface area (Å²) in [5.41, 5.74) is 1.04. The average molecular weight is 390 g/mol. The molecule has 1 amide bonds. The van der Waals surface area contributed by atoms with E-state index in [0.717, 1.165) is 0 Å². The summed E-state index contributed by atoms with van der Waals surface area (Å²) in [7, 11) is 1.56. The number of methoxy groups -OCH3 is 1. The average Bonchev–Trinajstić information content (AvgIpc) is 2.44. The Morgan fingerprint density at radius 2 is 2.00 bits per heavy atom. The Balaban J connectivity index is 2.26. The quantitative estimate of drug-likeness (QED) is 0.826. The van der Waals surface area contributed by atoms with E-state index >= 15 is 0 Å². The van der Waals surface area contributed by atoms with Gasteiger partial charge in [-0.25, -0.2) is 4.98 Å². The van der Waals surface area contributed by atoms with E-state index in [9.17, 15) is 4.79 Å². The second-order valence-corrected chi connectivity index (χ2v) is 5.86. The number of aromatic nitrogens is 1. The summed E-state index contributed by atoms with van der Waals surface area (Å²) in [5, 5.41) is 3.39. The van der Waals surface area contributed by atoms with Gasteiger partial charge < -0.3 is 10.1 Å². The zero-order chi connectivity index (χ0) is 15.6. The van der Waals surface area contributed by atoms with Gasteiger partial charge in [0.05, 0.1) is 27.3 Å². The van der Waals surface area contributed by atoms with Gasteiger partial charge in [0.25, 0.3) is 5.91 Å². The molecule has 0 aliphatic rings. The van der Waals surface area contributed by atoms with Crippen molar-refractivity contribution in [1.82, 2.24) is 4.98 Å². The summed E-state index contributed by atoms with van der Waals surface area (Å²) in [6.07, 6.45) is 0. The fraction of sp³-hybridized carbons (Fsp3) is 0.143. The second-order valence-electron chi connectivity index (χ2n) is 4.19. The van der Waals surface area contributed by atoms with Gasteiger partial charge in [-0.2, -0.15) is 0 Å². The lowest BCUT2D eigenvalue weighted by atomic mass is 10.2. The highest BCUT2D eigenvalue weighted by molar-refractivity contribution is 9.10. The van der Waals surface area contributed by atoms with Crippen molar-refractivity contribution in [3.63, 3.8) is 0 Å². The molecule has 0 aliphatic heterocycles. The minimum atomic E-state index is -0.325. The number of benzene rings is 1. The maximum atomic E-state index is 12.2. The molecule has 0 radical (unpaired) electrons. The van der Waals surface area contributed by atoms with Gasteiger partial charge in [0.2, 0.25) is 0 Å². The van der Waals surface area contributed by atoms with Crippen molar-refractivity contribution < 1.29 is 9.53 Å². The Hall–Kier alpha value is -1.30. The first kappa shape index (κ1) is 16.1. The molecule has 1 heterocycles. The van der Waals surface area contributed by atoms with Crippen LogP contribution in [0.25, 0.3) is 0 Å². The number of nitrogens with one attached hydrogen (secondary N) is 1. The molecular weight excluding hydrogens is 379 g/mol. The standard InChI is InChI=1S/C14H11BrCl2N2O2/c1-7-10(16)6-11(17)13(18-7)19-14(20)8-3-4-12(21-2)9(15)5-8/h3-6H,1-2H3,(H,18,19,20). The molecule has 0 bridgehead atoms. The second kappa shape index (κ2) is 6.64. The predicted molar refractivity (Wildman–Crippen MR) is 87.6 cm³/mol. The number of ether oxygens (including phenoxy) is 1. The van der Waals surface area contributed by atoms with Crippen LogP contribution >= 0.6 is 39.1 Å². The first-order valence-electron chi connectivity index (χ1n) is 5.90. The van der Waals surface area contributed by atoms with Crippen molar-refractivity contribution >= 4 is 50.9 Å². The number of carbonyl (C=O) groups excluding carboxylic acids is 1. The monoisotopic (exact) mass is 388 g/mol. The smallest absolute Gasteiger partial charge is 0.256 e. The van der Waals surface area contributed by atoms with Crippen LogP contribution in [0.3, 0.4) is 0 Å². The Bertz CT molecular complexity index is 708. The van der Waals surface area contributed by atoms with Gasteiger partial charge in [0.15, 0.2) is 5.82 Å². The van der Waals surface area contributed by atoms with Crippen molar-refractivity contribution in [3.8, 4) is 5.75 Å². The molecule has 0 atom stereocenters. The molecule has 0 spiro atoms. The minimum absolute atomic E-state index is 0.274. The molecule has 0 saturated heterocycles. The number of anilines is 1. The highest BCUT2D eigenvalue weighted by atomic mass is 79.9. The SMILES string of the molecule is COc1ccc(C(=O)Nc2nc(C)c(Cl)cc2Cl)cc1Br. The van der Waals surface area contributed by atoms with Crippen molar-refractivity contribution in [2.45, 2.75) is 6.92 Å². The van der Waals surface area contributed by atoms with Gasteiger partial charge in [-0.05, 0) is 47.1 Å². The molecular formula is C14H11BrCl2N2O2. The van der Waals surface area contributed by atoms with Crippen LogP contribution < -0.4 is 10.1 Å². The van der Waals surface area contributed by atoms with Crippen LogP contribution in [0.5, 0.6) is 5.75 Å². The molecule has 1 aromatic carbocycles. The van der Waals surface area contributed by atoms with Crippen molar-refractivity contribution in [3.05, 3.63) is 50.0 Å². The van der Waals surface area contributed by atoms with Gasteiger partial charge in [-0.15, -0.1) is 0 Å². The van der Waals surface area contributed by atoms with E-state index in [2.05, 4.69) is 26.2 Å². The van der Waals surface area contributed by atoms with Crippen molar-refractivity contribution in [1.29, 1.82) is 0 Å². The number of hydrogen-bond donors (Lipinski definition) is 1. The molecule has 1 N–H and O–H groups in total. The fourth-order valence-electron chi connectivity index (χ4n) is 1.63. The zero-order valence-corrected chi connectivity index (χ0v) is 14.3. The highest BCUT2D eigenvalue weighted by Crippen LogP contribution is 2.28. The van der Waals surface area contributed by atoms with E-state index < -0.39 is 0 Å². The van der Waals surface area contributed by atoms with Crippen LogP contribution in [0.4, 0.5) is 5.82 Å². The molecule has 0 aliphatic carbocycles. The lowest BCUT2D eigenvalue weighted by Gasteiger charge is -2.09. The molecule has 4 nitrogen and oxygen atoms in total. The number of hydrogen-bond acceptors (Lipinski definition) is 3. The minimum Gasteiger partial charge on any atom is -0.496 e. The van der Waals surface area contributed by atoms with E-state index in [0.29, 0.717) is 26.5 Å². The van der Waals surface area contributed by atoms with Crippen LogP contribution in [0.15, 0.2) is 28.7 Å². The van der Waals surface area contributed by atoms with Gasteiger partial charge in [-0.1, -0.05) is 23.2 Å². The number of pyridine rings is 1. The number of aryl methyl sites for hydroxylation is 1. The summed E-state index contributed by atoms with van der Waals surface area (Å²) in [6, 6.07) is 6.55. The largest absolute Gasteiger partial charge is 0.496 e. The van der Waals surface area contributed by atoms with Crippen LogP contribution in [-0.4, -0.2) is 18.0 Å². The third kappa shape index (κ3) is 3.67. The molecule has 1 aromatic heterocycles. The van der Waals surface area contributed by atoms with E-state index in [1.54, 1.807) is 38.3 Å². The van der Waals surface area contributed by atoms with Crippen LogP contribution in [0, 0.1) is 6.92 Å². The van der Waals surface area contributed by atoms with E-state index in [4.69, 9.17) is 27.9 Å². The van der Waals surface area contributed by atoms with Crippen LogP contribution in [-0.2, 0) is 0 Å². The lowest BCUT2D eigenvalue weighted by molar-refractivity contribution is 0.102. The van der Waals surface area contributed by atoms with Gasteiger partial charge in [0.1, 0.15) is 5.75 Å². The van der Waals surface area contributed by atoms with Crippen molar-refractivity contribution in [2.75, 3.05) is 12.4 Å². The lowest BCUT2D eigenvalue weighted by Crippen LogP contribution is -2.13. The van der Waals surface area contributed by atoms with E-state index in [1.807, 2.05) is 0 Å². The number of rotatable bonds is 3. The van der Waals surface area contributed by atoms with Gasteiger partial charge in [0, 0.05) is 5.56 Å². The van der Waals surface area contributed by atoms with E-state index in [1.165, 1.54) is 0 Å². The normalized spacial score (nSPS) is 10.3. The summed E-state index contributed by atoms with van der Waals surface area (Å²) in [5.74, 6) is 0.593. The van der Waals surface area contributed by atoms with Gasteiger partial charge in [-0.3, -0.25) is 4.79 Å². The number of nitrogens with zero attached hydrogens (tertiary/aromatic N) is 1. The summed E-state index contributed by atoms with van der Waals surface area (Å²) >= 11 is 15.3. The molecule has 7 heteroatoms. The first-order valence-corrected chi connectivity index (χ1v) is 7.44. The number of halogens is 3. The molecule has 110 valence electrons. The predicted octanol–water partition coefficient (Wildman–Crippen LogP) is 4.72. The molecule has 0 fully saturated rings. The maximum absolute atomic E-state index is 12.2. The number of carbonyl (C=O) groups is 1. The molecule has 2 aromatic rings. The highest BCUT2D eigenvalue weighted by Gasteiger charge is 2.13.